The van der Waals surface area contributed by atoms with Crippen LogP contribution >= 0.6 is 0 Å². The normalized spacial score (nSPS) is 11.3. The molecular weight excluding hydrogens is 281 g/mol. The minimum atomic E-state index is -0.302. The second kappa shape index (κ2) is 5.46. The van der Waals surface area contributed by atoms with E-state index in [2.05, 4.69) is 0 Å². The fourth-order valence-electron chi connectivity index (χ4n) is 2.96. The van der Waals surface area contributed by atoms with Gasteiger partial charge in [0.2, 0.25) is 0 Å². The van der Waals surface area contributed by atoms with Crippen molar-refractivity contribution in [3.8, 4) is 16.9 Å². The van der Waals surface area contributed by atoms with E-state index in [0.29, 0.717) is 12.0 Å². The molecule has 0 fully saturated rings. The molecular formula is C18H18FNO2. The van der Waals surface area contributed by atoms with Gasteiger partial charge in [-0.15, -0.1) is 0 Å². The number of fused-ring (bicyclic) bond motifs is 1. The number of aliphatic hydroxyl groups is 1. The molecule has 0 unspecified atom stereocenters. The number of aromatic hydroxyl groups is 1. The monoisotopic (exact) mass is 299 g/mol. The molecule has 0 spiro atoms. The van der Waals surface area contributed by atoms with Crippen LogP contribution in [0.15, 0.2) is 36.4 Å². The summed E-state index contributed by atoms with van der Waals surface area (Å²) in [5.41, 5.74) is 4.53. The van der Waals surface area contributed by atoms with Gasteiger partial charge in [0.05, 0.1) is 0 Å². The molecule has 2 aromatic carbocycles. The third kappa shape index (κ3) is 2.25. The molecule has 0 saturated carbocycles. The lowest BCUT2D eigenvalue weighted by Gasteiger charge is -2.07. The van der Waals surface area contributed by atoms with E-state index in [0.717, 1.165) is 27.7 Å². The van der Waals surface area contributed by atoms with E-state index >= 15 is 0 Å². The quantitative estimate of drug-likeness (QED) is 0.777. The number of hydrogen-bond acceptors (Lipinski definition) is 2. The van der Waals surface area contributed by atoms with Crippen LogP contribution in [0.5, 0.6) is 5.75 Å². The minimum absolute atomic E-state index is 0.0699. The highest BCUT2D eigenvalue weighted by Crippen LogP contribution is 2.36. The van der Waals surface area contributed by atoms with Crippen molar-refractivity contribution in [2.45, 2.75) is 13.3 Å². The molecule has 1 heterocycles. The van der Waals surface area contributed by atoms with Gasteiger partial charge in [-0.2, -0.15) is 0 Å². The van der Waals surface area contributed by atoms with Gasteiger partial charge in [0.1, 0.15) is 11.6 Å². The largest absolute Gasteiger partial charge is 0.507 e. The van der Waals surface area contributed by atoms with Crippen molar-refractivity contribution in [3.05, 3.63) is 53.5 Å². The predicted molar refractivity (Wildman–Crippen MR) is 85.5 cm³/mol. The molecule has 0 aliphatic heterocycles. The Balaban J connectivity index is 2.24. The van der Waals surface area contributed by atoms with Gasteiger partial charge in [-0.3, -0.25) is 0 Å². The van der Waals surface area contributed by atoms with Crippen molar-refractivity contribution in [2.75, 3.05) is 6.61 Å². The summed E-state index contributed by atoms with van der Waals surface area (Å²) in [5, 5.41) is 20.5. The number of aliphatic hydroxyl groups excluding tert-OH is 1. The Morgan fingerprint density at radius 1 is 1.14 bits per heavy atom. The first-order chi connectivity index (χ1) is 10.5. The SMILES string of the molecule is Cc1c(CCO)c2cc(O)c(-c3ccc(F)cc3)cc2n1C. The van der Waals surface area contributed by atoms with E-state index in [9.17, 15) is 14.6 Å². The van der Waals surface area contributed by atoms with Gasteiger partial charge in [-0.25, -0.2) is 4.39 Å². The molecule has 4 heteroatoms. The maximum absolute atomic E-state index is 13.1. The van der Waals surface area contributed by atoms with Crippen LogP contribution in [0.25, 0.3) is 22.0 Å². The Hall–Kier alpha value is -2.33. The molecule has 22 heavy (non-hydrogen) atoms. The van der Waals surface area contributed by atoms with E-state index < -0.39 is 0 Å². The second-order valence-corrected chi connectivity index (χ2v) is 5.49. The van der Waals surface area contributed by atoms with E-state index in [-0.39, 0.29) is 18.2 Å². The number of rotatable bonds is 3. The van der Waals surface area contributed by atoms with Crippen LogP contribution in [0.4, 0.5) is 4.39 Å². The van der Waals surface area contributed by atoms with Crippen molar-refractivity contribution in [2.24, 2.45) is 7.05 Å². The zero-order valence-corrected chi connectivity index (χ0v) is 12.6. The summed E-state index contributed by atoms with van der Waals surface area (Å²) < 4.78 is 15.1. The average molecular weight is 299 g/mol. The Bertz CT molecular complexity index is 835. The van der Waals surface area contributed by atoms with Crippen molar-refractivity contribution < 1.29 is 14.6 Å². The molecule has 2 N–H and O–H groups in total. The van der Waals surface area contributed by atoms with Gasteiger partial charge in [0.15, 0.2) is 0 Å². The highest BCUT2D eigenvalue weighted by molar-refractivity contribution is 5.92. The molecule has 0 atom stereocenters. The van der Waals surface area contributed by atoms with Crippen LogP contribution in [0.3, 0.4) is 0 Å². The Morgan fingerprint density at radius 2 is 1.82 bits per heavy atom. The molecule has 3 rings (SSSR count). The molecule has 0 aliphatic rings. The summed E-state index contributed by atoms with van der Waals surface area (Å²) in [4.78, 5) is 0. The third-order valence-corrected chi connectivity index (χ3v) is 4.26. The maximum atomic E-state index is 13.1. The minimum Gasteiger partial charge on any atom is -0.507 e. The number of aromatic nitrogens is 1. The summed E-state index contributed by atoms with van der Waals surface area (Å²) >= 11 is 0. The lowest BCUT2D eigenvalue weighted by Crippen LogP contribution is -1.95. The van der Waals surface area contributed by atoms with Crippen LogP contribution in [-0.2, 0) is 13.5 Å². The molecule has 0 amide bonds. The first kappa shape index (κ1) is 14.6. The zero-order chi connectivity index (χ0) is 15.9. The molecule has 3 nitrogen and oxygen atoms in total. The van der Waals surface area contributed by atoms with E-state index in [1.165, 1.54) is 12.1 Å². The molecule has 0 bridgehead atoms. The summed E-state index contributed by atoms with van der Waals surface area (Å²) in [6, 6.07) is 9.71. The molecule has 0 aliphatic carbocycles. The number of phenols is 1. The topological polar surface area (TPSA) is 45.4 Å². The standard InChI is InChI=1S/C18H18FNO2/c1-11-14(7-8-21)16-10-18(22)15(9-17(16)20(11)2)12-3-5-13(19)6-4-12/h3-6,9-10,21-22H,7-8H2,1-2H3. The van der Waals surface area contributed by atoms with E-state index in [4.69, 9.17) is 0 Å². The zero-order valence-electron chi connectivity index (χ0n) is 12.6. The van der Waals surface area contributed by atoms with Gasteiger partial charge in [0, 0.05) is 35.8 Å². The Morgan fingerprint density at radius 3 is 2.45 bits per heavy atom. The predicted octanol–water partition coefficient (Wildman–Crippen LogP) is 3.53. The second-order valence-electron chi connectivity index (χ2n) is 5.49. The lowest BCUT2D eigenvalue weighted by molar-refractivity contribution is 0.299. The van der Waals surface area contributed by atoms with Gasteiger partial charge in [0.25, 0.3) is 0 Å². The van der Waals surface area contributed by atoms with Crippen LogP contribution in [-0.4, -0.2) is 21.4 Å². The number of benzene rings is 2. The smallest absolute Gasteiger partial charge is 0.124 e. The first-order valence-electron chi connectivity index (χ1n) is 7.20. The Labute approximate surface area is 128 Å². The lowest BCUT2D eigenvalue weighted by atomic mass is 10.0. The molecule has 1 aromatic heterocycles. The van der Waals surface area contributed by atoms with Gasteiger partial charge >= 0.3 is 0 Å². The van der Waals surface area contributed by atoms with Crippen molar-refractivity contribution in [1.82, 2.24) is 4.57 Å². The van der Waals surface area contributed by atoms with Gasteiger partial charge in [-0.1, -0.05) is 12.1 Å². The van der Waals surface area contributed by atoms with Crippen molar-refractivity contribution in [3.63, 3.8) is 0 Å². The highest BCUT2D eigenvalue weighted by atomic mass is 19.1. The summed E-state index contributed by atoms with van der Waals surface area (Å²) in [7, 11) is 1.96. The number of hydrogen-bond donors (Lipinski definition) is 2. The molecule has 0 saturated heterocycles. The third-order valence-electron chi connectivity index (χ3n) is 4.26. The number of aryl methyl sites for hydroxylation is 1. The van der Waals surface area contributed by atoms with E-state index in [1.807, 2.05) is 24.6 Å². The van der Waals surface area contributed by atoms with Crippen LogP contribution in [0, 0.1) is 12.7 Å². The average Bonchev–Trinajstić information content (AvgIpc) is 2.73. The van der Waals surface area contributed by atoms with E-state index in [1.54, 1.807) is 18.2 Å². The number of nitrogens with zero attached hydrogens (tertiary/aromatic N) is 1. The first-order valence-corrected chi connectivity index (χ1v) is 7.20. The molecule has 0 radical (unpaired) electrons. The highest BCUT2D eigenvalue weighted by Gasteiger charge is 2.15. The van der Waals surface area contributed by atoms with Crippen LogP contribution < -0.4 is 0 Å². The van der Waals surface area contributed by atoms with Crippen LogP contribution in [0.1, 0.15) is 11.3 Å². The summed E-state index contributed by atoms with van der Waals surface area (Å²) in [6.45, 7) is 2.07. The summed E-state index contributed by atoms with van der Waals surface area (Å²) in [5.74, 6) is -0.145. The molecule has 3 aromatic rings. The molecule has 114 valence electrons. The Kier molecular flexibility index (Phi) is 3.62. The maximum Gasteiger partial charge on any atom is 0.124 e. The van der Waals surface area contributed by atoms with Gasteiger partial charge in [-0.05, 0) is 48.7 Å². The van der Waals surface area contributed by atoms with Crippen LogP contribution in [0.2, 0.25) is 0 Å². The van der Waals surface area contributed by atoms with Crippen molar-refractivity contribution >= 4 is 10.9 Å². The fraction of sp³-hybridized carbons (Fsp3) is 0.222. The fourth-order valence-corrected chi connectivity index (χ4v) is 2.96. The van der Waals surface area contributed by atoms with Crippen molar-refractivity contribution in [1.29, 1.82) is 0 Å². The summed E-state index contributed by atoms with van der Waals surface area (Å²) in [6.07, 6.45) is 0.554. The number of phenolic OH excluding ortho intramolecular Hbond substituents is 1. The number of halogens is 1. The van der Waals surface area contributed by atoms with Gasteiger partial charge < -0.3 is 14.8 Å².